The zero-order valence-corrected chi connectivity index (χ0v) is 13.8. The fourth-order valence-electron chi connectivity index (χ4n) is 2.75. The van der Waals surface area contributed by atoms with Gasteiger partial charge in [-0.25, -0.2) is 0 Å². The van der Waals surface area contributed by atoms with Crippen LogP contribution < -0.4 is 10.1 Å². The molecule has 5 heteroatoms. The molecule has 1 saturated heterocycles. The molecule has 1 aliphatic heterocycles. The number of para-hydroxylation sites is 1. The Morgan fingerprint density at radius 3 is 2.91 bits per heavy atom. The largest absolute Gasteiger partial charge is 0.491 e. The monoisotopic (exact) mass is 305 g/mol. The number of carbonyl (C=O) groups is 1. The lowest BCUT2D eigenvalue weighted by Gasteiger charge is -2.19. The summed E-state index contributed by atoms with van der Waals surface area (Å²) >= 11 is 0. The summed E-state index contributed by atoms with van der Waals surface area (Å²) in [7, 11) is 5.97. The molecule has 22 heavy (non-hydrogen) atoms. The van der Waals surface area contributed by atoms with Crippen molar-refractivity contribution in [3.05, 3.63) is 29.8 Å². The van der Waals surface area contributed by atoms with Gasteiger partial charge in [-0.3, -0.25) is 4.79 Å². The third-order valence-corrected chi connectivity index (χ3v) is 3.98. The maximum atomic E-state index is 12.7. The van der Waals surface area contributed by atoms with Gasteiger partial charge in [-0.1, -0.05) is 12.1 Å². The first-order chi connectivity index (χ1) is 10.6. The standard InChI is InChI=1S/C17H27N3O2/c1-18-12-14-8-9-20(13-14)17(21)15-6-4-5-7-16(15)22-11-10-19(2)3/h4-7,14,18H,8-13H2,1-3H3/t14-/m1/s1. The number of hydrogen-bond donors (Lipinski definition) is 1. The SMILES string of the molecule is CNC[C@H]1CCN(C(=O)c2ccccc2OCCN(C)C)C1. The highest BCUT2D eigenvalue weighted by Crippen LogP contribution is 2.23. The predicted molar refractivity (Wildman–Crippen MR) is 88.4 cm³/mol. The van der Waals surface area contributed by atoms with Gasteiger partial charge < -0.3 is 19.9 Å². The minimum absolute atomic E-state index is 0.0825. The minimum atomic E-state index is 0.0825. The smallest absolute Gasteiger partial charge is 0.257 e. The van der Waals surface area contributed by atoms with Crippen LogP contribution in [0.2, 0.25) is 0 Å². The van der Waals surface area contributed by atoms with E-state index in [1.807, 2.05) is 50.3 Å². The van der Waals surface area contributed by atoms with Crippen molar-refractivity contribution < 1.29 is 9.53 Å². The Kier molecular flexibility index (Phi) is 6.21. The van der Waals surface area contributed by atoms with E-state index < -0.39 is 0 Å². The van der Waals surface area contributed by atoms with Crippen molar-refractivity contribution in [3.8, 4) is 5.75 Å². The van der Waals surface area contributed by atoms with E-state index in [2.05, 4.69) is 10.2 Å². The zero-order valence-electron chi connectivity index (χ0n) is 13.8. The number of amides is 1. The summed E-state index contributed by atoms with van der Waals surface area (Å²) in [6.45, 7) is 4.03. The van der Waals surface area contributed by atoms with Crippen LogP contribution in [0.25, 0.3) is 0 Å². The molecular formula is C17H27N3O2. The van der Waals surface area contributed by atoms with E-state index in [0.29, 0.717) is 23.8 Å². The van der Waals surface area contributed by atoms with Gasteiger partial charge in [0.1, 0.15) is 12.4 Å². The summed E-state index contributed by atoms with van der Waals surface area (Å²) in [6, 6.07) is 7.55. The molecule has 1 fully saturated rings. The maximum Gasteiger partial charge on any atom is 0.257 e. The van der Waals surface area contributed by atoms with E-state index in [-0.39, 0.29) is 5.91 Å². The van der Waals surface area contributed by atoms with Crippen LogP contribution in [-0.2, 0) is 0 Å². The molecule has 1 aromatic rings. The zero-order chi connectivity index (χ0) is 15.9. The average molecular weight is 305 g/mol. The molecule has 0 spiro atoms. The Morgan fingerprint density at radius 2 is 2.18 bits per heavy atom. The second-order valence-corrected chi connectivity index (χ2v) is 6.11. The summed E-state index contributed by atoms with van der Waals surface area (Å²) in [5.74, 6) is 1.32. The second-order valence-electron chi connectivity index (χ2n) is 6.11. The number of nitrogens with one attached hydrogen (secondary N) is 1. The van der Waals surface area contributed by atoms with E-state index in [9.17, 15) is 4.79 Å². The maximum absolute atomic E-state index is 12.7. The summed E-state index contributed by atoms with van der Waals surface area (Å²) in [5.41, 5.74) is 0.673. The molecule has 0 saturated carbocycles. The van der Waals surface area contributed by atoms with Gasteiger partial charge in [0.05, 0.1) is 5.56 Å². The number of nitrogens with zero attached hydrogens (tertiary/aromatic N) is 2. The Hall–Kier alpha value is -1.59. The summed E-state index contributed by atoms with van der Waals surface area (Å²) in [5, 5.41) is 3.19. The molecule has 0 aliphatic carbocycles. The molecule has 122 valence electrons. The number of benzene rings is 1. The van der Waals surface area contributed by atoms with Crippen LogP contribution in [0.3, 0.4) is 0 Å². The first kappa shape index (κ1) is 16.8. The van der Waals surface area contributed by atoms with Crippen LogP contribution in [-0.4, -0.2) is 69.6 Å². The highest BCUT2D eigenvalue weighted by Gasteiger charge is 2.27. The third kappa shape index (κ3) is 4.45. The number of rotatable bonds is 7. The van der Waals surface area contributed by atoms with Gasteiger partial charge in [0.2, 0.25) is 0 Å². The number of carbonyl (C=O) groups excluding carboxylic acids is 1. The summed E-state index contributed by atoms with van der Waals surface area (Å²) in [6.07, 6.45) is 1.07. The fourth-order valence-corrected chi connectivity index (χ4v) is 2.75. The van der Waals surface area contributed by atoms with Gasteiger partial charge in [0, 0.05) is 19.6 Å². The molecule has 2 rings (SSSR count). The molecule has 0 radical (unpaired) electrons. The van der Waals surface area contributed by atoms with E-state index in [1.165, 1.54) is 0 Å². The second kappa shape index (κ2) is 8.15. The van der Waals surface area contributed by atoms with Crippen molar-refractivity contribution in [1.29, 1.82) is 0 Å². The van der Waals surface area contributed by atoms with Gasteiger partial charge in [-0.15, -0.1) is 0 Å². The highest BCUT2D eigenvalue weighted by molar-refractivity contribution is 5.97. The van der Waals surface area contributed by atoms with Crippen molar-refractivity contribution in [2.24, 2.45) is 5.92 Å². The lowest BCUT2D eigenvalue weighted by atomic mass is 10.1. The van der Waals surface area contributed by atoms with E-state index in [1.54, 1.807) is 0 Å². The van der Waals surface area contributed by atoms with Crippen LogP contribution in [0.5, 0.6) is 5.75 Å². The van der Waals surface area contributed by atoms with Crippen molar-refractivity contribution in [2.75, 3.05) is 53.9 Å². The van der Waals surface area contributed by atoms with Crippen molar-refractivity contribution >= 4 is 5.91 Å². The Bertz CT molecular complexity index is 491. The lowest BCUT2D eigenvalue weighted by Crippen LogP contribution is -2.30. The van der Waals surface area contributed by atoms with Gasteiger partial charge in [0.25, 0.3) is 5.91 Å². The summed E-state index contributed by atoms with van der Waals surface area (Å²) < 4.78 is 5.80. The Morgan fingerprint density at radius 1 is 1.41 bits per heavy atom. The van der Waals surface area contributed by atoms with Gasteiger partial charge in [0.15, 0.2) is 0 Å². The normalized spacial score (nSPS) is 18.0. The molecule has 1 atom stereocenters. The van der Waals surface area contributed by atoms with Crippen LogP contribution >= 0.6 is 0 Å². The van der Waals surface area contributed by atoms with E-state index in [4.69, 9.17) is 4.74 Å². The average Bonchev–Trinajstić information content (AvgIpc) is 2.96. The molecule has 0 bridgehead atoms. The first-order valence-electron chi connectivity index (χ1n) is 7.92. The highest BCUT2D eigenvalue weighted by atomic mass is 16.5. The quantitative estimate of drug-likeness (QED) is 0.825. The third-order valence-electron chi connectivity index (χ3n) is 3.98. The molecule has 0 aromatic heterocycles. The lowest BCUT2D eigenvalue weighted by molar-refractivity contribution is 0.0782. The first-order valence-corrected chi connectivity index (χ1v) is 7.92. The molecule has 1 N–H and O–H groups in total. The number of likely N-dealkylation sites (N-methyl/N-ethyl adjacent to an activating group) is 1. The molecule has 1 aliphatic rings. The molecule has 1 amide bonds. The fraction of sp³-hybridized carbons (Fsp3) is 0.588. The Balaban J connectivity index is 2.00. The van der Waals surface area contributed by atoms with Crippen LogP contribution in [0, 0.1) is 5.92 Å². The molecule has 1 heterocycles. The van der Waals surface area contributed by atoms with Crippen molar-refractivity contribution in [2.45, 2.75) is 6.42 Å². The Labute approximate surface area is 133 Å². The number of hydrogen-bond acceptors (Lipinski definition) is 4. The van der Waals surface area contributed by atoms with E-state index in [0.717, 1.165) is 32.6 Å². The van der Waals surface area contributed by atoms with Crippen molar-refractivity contribution in [1.82, 2.24) is 15.1 Å². The summed E-state index contributed by atoms with van der Waals surface area (Å²) in [4.78, 5) is 16.7. The van der Waals surface area contributed by atoms with Crippen LogP contribution in [0.4, 0.5) is 0 Å². The molecular weight excluding hydrogens is 278 g/mol. The van der Waals surface area contributed by atoms with Crippen molar-refractivity contribution in [3.63, 3.8) is 0 Å². The minimum Gasteiger partial charge on any atom is -0.491 e. The number of ether oxygens (including phenoxy) is 1. The van der Waals surface area contributed by atoms with Crippen LogP contribution in [0.15, 0.2) is 24.3 Å². The predicted octanol–water partition coefficient (Wildman–Crippen LogP) is 1.31. The van der Waals surface area contributed by atoms with Gasteiger partial charge >= 0.3 is 0 Å². The number of likely N-dealkylation sites (tertiary alicyclic amines) is 1. The molecule has 5 nitrogen and oxygen atoms in total. The molecule has 0 unspecified atom stereocenters. The van der Waals surface area contributed by atoms with Gasteiger partial charge in [-0.2, -0.15) is 0 Å². The van der Waals surface area contributed by atoms with Crippen LogP contribution in [0.1, 0.15) is 16.8 Å². The van der Waals surface area contributed by atoms with Gasteiger partial charge in [-0.05, 0) is 52.2 Å². The van der Waals surface area contributed by atoms with E-state index >= 15 is 0 Å². The topological polar surface area (TPSA) is 44.8 Å². The molecule has 1 aromatic carbocycles.